The molecule has 0 aliphatic heterocycles. The van der Waals surface area contributed by atoms with Crippen molar-refractivity contribution >= 4 is 36.2 Å². The molecule has 2 aromatic carbocycles. The number of hydrogen-bond acceptors (Lipinski definition) is 4. The molecule has 26 heavy (non-hydrogen) atoms. The normalized spacial score (nSPS) is 11.4. The summed E-state index contributed by atoms with van der Waals surface area (Å²) in [6, 6.07) is 16.7. The molecule has 0 spiro atoms. The van der Waals surface area contributed by atoms with E-state index >= 15 is 0 Å². The van der Waals surface area contributed by atoms with Crippen LogP contribution in [0.5, 0.6) is 11.5 Å². The second-order valence-corrected chi connectivity index (χ2v) is 7.72. The molecule has 0 saturated heterocycles. The molecule has 1 unspecified atom stereocenters. The molecule has 5 nitrogen and oxygen atoms in total. The van der Waals surface area contributed by atoms with Crippen molar-refractivity contribution in [1.82, 2.24) is 5.32 Å². The van der Waals surface area contributed by atoms with Gasteiger partial charge in [0.2, 0.25) is 0 Å². The van der Waals surface area contributed by atoms with Gasteiger partial charge < -0.3 is 10.1 Å². The van der Waals surface area contributed by atoms with Gasteiger partial charge in [0.25, 0.3) is 0 Å². The molecule has 0 saturated carbocycles. The summed E-state index contributed by atoms with van der Waals surface area (Å²) in [5.74, 6) is 1.49. The summed E-state index contributed by atoms with van der Waals surface area (Å²) in [6.45, 7) is 6.49. The maximum absolute atomic E-state index is 11.6. The average molecular weight is 485 g/mol. The summed E-state index contributed by atoms with van der Waals surface area (Å²) in [6.07, 6.45) is 1.25. The van der Waals surface area contributed by atoms with Gasteiger partial charge in [0.15, 0.2) is 0 Å². The average Bonchev–Trinajstić information content (AvgIpc) is 2.66. The first-order chi connectivity index (χ1) is 12.6. The van der Waals surface area contributed by atoms with Gasteiger partial charge in [-0.3, -0.25) is 0 Å². The number of ether oxygens (including phenoxy) is 1. The van der Waals surface area contributed by atoms with E-state index in [0.717, 1.165) is 17.1 Å². The van der Waals surface area contributed by atoms with E-state index in [1.807, 2.05) is 61.5 Å². The molecule has 0 fully saturated rings. The smallest absolute Gasteiger partial charge is 0.359 e. The number of para-hydroxylation sites is 1. The number of halogens is 1. The van der Waals surface area contributed by atoms with Crippen LogP contribution >= 0.6 is 30.1 Å². The van der Waals surface area contributed by atoms with E-state index < -0.39 is 6.03 Å². The second kappa shape index (κ2) is 13.6. The second-order valence-electron chi connectivity index (χ2n) is 5.33. The van der Waals surface area contributed by atoms with Crippen molar-refractivity contribution in [3.63, 3.8) is 0 Å². The molecule has 0 heterocycles. The van der Waals surface area contributed by atoms with Crippen LogP contribution in [0, 0.1) is 0 Å². The van der Waals surface area contributed by atoms with Gasteiger partial charge in [-0.05, 0) is 58.0 Å². The zero-order valence-corrected chi connectivity index (χ0v) is 18.2. The van der Waals surface area contributed by atoms with Gasteiger partial charge in [-0.15, -0.1) is 0 Å². The largest absolute Gasteiger partial charge is 0.457 e. The molecule has 1 atom stereocenters. The Hall–Kier alpha value is -1.61. The minimum absolute atomic E-state index is 0.0380. The molecule has 0 aliphatic carbocycles. The maximum Gasteiger partial charge on any atom is 0.359 e. The summed E-state index contributed by atoms with van der Waals surface area (Å²) in [5, 5.41) is 10.2. The number of rotatable bonds is 6. The maximum atomic E-state index is 11.6. The Labute approximate surface area is 171 Å². The minimum atomic E-state index is -0.448. The van der Waals surface area contributed by atoms with Gasteiger partial charge in [0.1, 0.15) is 16.9 Å². The number of carbonyl (C=O) groups is 1. The van der Waals surface area contributed by atoms with Crippen molar-refractivity contribution in [3.8, 4) is 11.5 Å². The van der Waals surface area contributed by atoms with Crippen molar-refractivity contribution in [2.75, 3.05) is 0 Å². The Balaban J connectivity index is 0.00000105. The van der Waals surface area contributed by atoms with Crippen LogP contribution in [-0.4, -0.2) is 11.4 Å². The molecule has 7 heteroatoms. The molecule has 0 radical (unpaired) electrons. The van der Waals surface area contributed by atoms with Gasteiger partial charge in [0.05, 0.1) is 0 Å². The first kappa shape index (κ1) is 22.4. The van der Waals surface area contributed by atoms with Crippen LogP contribution in [0.2, 0.25) is 0 Å². The van der Waals surface area contributed by atoms with E-state index in [9.17, 15) is 4.79 Å². The van der Waals surface area contributed by atoms with Gasteiger partial charge in [-0.25, -0.2) is 4.79 Å². The fourth-order valence-corrected chi connectivity index (χ4v) is 2.10. The Bertz CT molecular complexity index is 683. The number of benzene rings is 2. The van der Waals surface area contributed by atoms with Gasteiger partial charge in [-0.1, -0.05) is 64.6 Å². The first-order valence-corrected chi connectivity index (χ1v) is 11.8. The van der Waals surface area contributed by atoms with E-state index in [0.29, 0.717) is 6.54 Å². The summed E-state index contributed by atoms with van der Waals surface area (Å²) in [5.41, 5.74) is 0.929. The van der Waals surface area contributed by atoms with Crippen molar-refractivity contribution in [2.45, 2.75) is 39.1 Å². The highest BCUT2D eigenvalue weighted by Crippen LogP contribution is 2.22. The molecule has 0 aliphatic rings. The van der Waals surface area contributed by atoms with E-state index in [4.69, 9.17) is 4.74 Å². The van der Waals surface area contributed by atoms with E-state index in [1.165, 1.54) is 15.4 Å². The molecule has 0 bridgehead atoms. The monoisotopic (exact) mass is 485 g/mol. The van der Waals surface area contributed by atoms with Crippen LogP contribution in [0.15, 0.2) is 64.8 Å². The summed E-state index contributed by atoms with van der Waals surface area (Å²) in [7, 11) is 1.50. The third kappa shape index (κ3) is 9.76. The van der Waals surface area contributed by atoms with Gasteiger partial charge >= 0.3 is 6.03 Å². The van der Waals surface area contributed by atoms with Crippen LogP contribution in [0.1, 0.15) is 32.8 Å². The highest BCUT2D eigenvalue weighted by Gasteiger charge is 2.03. The lowest BCUT2D eigenvalue weighted by molar-refractivity contribution is 0.247. The molecular weight excluding hydrogens is 461 g/mol. The Morgan fingerprint density at radius 3 is 2.46 bits per heavy atom. The lowest BCUT2D eigenvalue weighted by atomic mass is 10.2. The summed E-state index contributed by atoms with van der Waals surface area (Å²) >= 11 is 2.12. The predicted molar refractivity (Wildman–Crippen MR) is 117 cm³/mol. The van der Waals surface area contributed by atoms with Crippen molar-refractivity contribution < 1.29 is 9.53 Å². The molecule has 2 amide bonds. The van der Waals surface area contributed by atoms with E-state index in [2.05, 4.69) is 50.6 Å². The summed E-state index contributed by atoms with van der Waals surface area (Å²) < 4.78 is 5.76. The molecule has 2 aromatic rings. The van der Waals surface area contributed by atoms with Crippen LogP contribution < -0.4 is 10.1 Å². The predicted octanol–water partition coefficient (Wildman–Crippen LogP) is 6.99. The number of amides is 2. The number of urea groups is 1. The third-order valence-electron chi connectivity index (χ3n) is 2.76. The van der Waals surface area contributed by atoms with Crippen LogP contribution in [0.4, 0.5) is 4.79 Å². The highest BCUT2D eigenvalue weighted by atomic mass is 127. The Morgan fingerprint density at radius 2 is 1.81 bits per heavy atom. The number of hydrogen-bond donors (Lipinski definition) is 1. The van der Waals surface area contributed by atoms with Crippen LogP contribution in [0.25, 0.3) is 0 Å². The van der Waals surface area contributed by atoms with Crippen LogP contribution in [-0.2, 0) is 6.54 Å². The fraction of sp³-hybridized carbons (Fsp3) is 0.316. The summed E-state index contributed by atoms with van der Waals surface area (Å²) in [4.78, 5) is 11.6. The molecule has 2 rings (SSSR count). The topological polar surface area (TPSA) is 63.0 Å². The van der Waals surface area contributed by atoms with Gasteiger partial charge in [-0.2, -0.15) is 5.11 Å². The van der Waals surface area contributed by atoms with E-state index in [1.54, 1.807) is 0 Å². The molecular formula is C19H24IN3O2S. The number of nitrogens with one attached hydrogen (secondary N) is 1. The van der Waals surface area contributed by atoms with Gasteiger partial charge in [0, 0.05) is 6.54 Å². The number of carbonyl (C=O) groups excluding carboxylic acids is 1. The van der Waals surface area contributed by atoms with Crippen molar-refractivity contribution in [3.05, 3.63) is 60.2 Å². The molecule has 140 valence electrons. The standard InChI is InChI=1S/C16H16IN3O2S.C3H8/c1-12(23-17)19-20-16(21)18-11-13-6-5-9-15(10-13)22-14-7-3-2-4-8-14;1-3-2/h2-10,12H,11H2,1H3,(H,18,21);3H2,1-2H3/b20-19-;. The number of nitrogens with zero attached hydrogens (tertiary/aromatic N) is 2. The quantitative estimate of drug-likeness (QED) is 0.355. The highest BCUT2D eigenvalue weighted by molar-refractivity contribution is 14.2. The third-order valence-corrected chi connectivity index (χ3v) is 5.32. The molecule has 0 aromatic heterocycles. The minimum Gasteiger partial charge on any atom is -0.457 e. The van der Waals surface area contributed by atoms with E-state index in [-0.39, 0.29) is 5.37 Å². The van der Waals surface area contributed by atoms with Crippen molar-refractivity contribution in [1.29, 1.82) is 0 Å². The fourth-order valence-electron chi connectivity index (χ4n) is 1.71. The SMILES string of the molecule is CC(/N=N\C(=O)NCc1cccc(Oc2ccccc2)c1)SI.CCC. The lowest BCUT2D eigenvalue weighted by Crippen LogP contribution is -2.18. The molecule has 1 N–H and O–H groups in total. The first-order valence-electron chi connectivity index (χ1n) is 8.36. The Morgan fingerprint density at radius 1 is 1.15 bits per heavy atom. The zero-order valence-electron chi connectivity index (χ0n) is 15.2. The van der Waals surface area contributed by atoms with Crippen molar-refractivity contribution in [2.24, 2.45) is 10.2 Å². The van der Waals surface area contributed by atoms with Crippen LogP contribution in [0.3, 0.4) is 0 Å². The lowest BCUT2D eigenvalue weighted by Gasteiger charge is -2.07. The Kier molecular flexibility index (Phi) is 11.7. The zero-order chi connectivity index (χ0) is 19.2. The number of azo groups is 1.